The van der Waals surface area contributed by atoms with E-state index in [2.05, 4.69) is 4.72 Å². The lowest BCUT2D eigenvalue weighted by molar-refractivity contribution is 0.340. The molecule has 0 saturated carbocycles. The number of hydrogen-bond acceptors (Lipinski definition) is 4. The van der Waals surface area contributed by atoms with Crippen LogP contribution in [0, 0.1) is 0 Å². The highest BCUT2D eigenvalue weighted by Gasteiger charge is 2.13. The lowest BCUT2D eigenvalue weighted by Crippen LogP contribution is -2.24. The number of unbranched alkanes of at least 4 members (excludes halogenated alkanes) is 1. The van der Waals surface area contributed by atoms with E-state index in [-0.39, 0.29) is 4.90 Å². The van der Waals surface area contributed by atoms with Gasteiger partial charge in [0.2, 0.25) is 10.0 Å². The largest absolute Gasteiger partial charge is 0.496 e. The van der Waals surface area contributed by atoms with Crippen molar-refractivity contribution in [2.45, 2.75) is 31.1 Å². The second kappa shape index (κ2) is 9.44. The minimum absolute atomic E-state index is 0.251. The van der Waals surface area contributed by atoms with Crippen molar-refractivity contribution in [3.8, 4) is 11.5 Å². The van der Waals surface area contributed by atoms with Crippen LogP contribution in [0.2, 0.25) is 0 Å². The summed E-state index contributed by atoms with van der Waals surface area (Å²) in [5.41, 5.74) is 1.14. The molecule has 136 valence electrons. The number of rotatable bonds is 10. The highest BCUT2D eigenvalue weighted by molar-refractivity contribution is 7.89. The number of ether oxygens (including phenoxy) is 2. The fraction of sp³-hybridized carbons (Fsp3) is 0.368. The molecule has 0 bridgehead atoms. The lowest BCUT2D eigenvalue weighted by Gasteiger charge is -2.09. The highest BCUT2D eigenvalue weighted by Crippen LogP contribution is 2.19. The third kappa shape index (κ3) is 5.76. The first-order valence-corrected chi connectivity index (χ1v) is 9.89. The smallest absolute Gasteiger partial charge is 0.240 e. The monoisotopic (exact) mass is 363 g/mol. The number of benzene rings is 2. The number of sulfonamides is 1. The minimum Gasteiger partial charge on any atom is -0.496 e. The Hall–Kier alpha value is -2.05. The van der Waals surface area contributed by atoms with Gasteiger partial charge in [-0.05, 0) is 62.1 Å². The first-order valence-electron chi connectivity index (χ1n) is 8.41. The van der Waals surface area contributed by atoms with Crippen molar-refractivity contribution in [1.82, 2.24) is 4.72 Å². The summed E-state index contributed by atoms with van der Waals surface area (Å²) < 4.78 is 37.8. The van der Waals surface area contributed by atoms with E-state index in [0.717, 1.165) is 30.6 Å². The molecule has 0 aliphatic carbocycles. The Balaban J connectivity index is 1.80. The van der Waals surface area contributed by atoms with E-state index >= 15 is 0 Å². The van der Waals surface area contributed by atoms with E-state index in [1.165, 1.54) is 0 Å². The van der Waals surface area contributed by atoms with Crippen molar-refractivity contribution in [2.75, 3.05) is 20.3 Å². The van der Waals surface area contributed by atoms with Crippen LogP contribution >= 0.6 is 0 Å². The van der Waals surface area contributed by atoms with Crippen LogP contribution in [-0.2, 0) is 16.4 Å². The predicted octanol–water partition coefficient (Wildman–Crippen LogP) is 3.40. The topological polar surface area (TPSA) is 64.6 Å². The molecule has 0 saturated heterocycles. The molecule has 1 N–H and O–H groups in total. The minimum atomic E-state index is -3.48. The normalized spacial score (nSPS) is 11.3. The molecule has 0 heterocycles. The van der Waals surface area contributed by atoms with Crippen LogP contribution in [0.5, 0.6) is 11.5 Å². The fourth-order valence-electron chi connectivity index (χ4n) is 2.52. The van der Waals surface area contributed by atoms with Crippen LogP contribution in [0.25, 0.3) is 0 Å². The van der Waals surface area contributed by atoms with E-state index in [9.17, 15) is 8.42 Å². The SMILES string of the molecule is CCOc1ccc(S(=O)(=O)NCCCCc2ccccc2OC)cc1. The average molecular weight is 363 g/mol. The van der Waals surface area contributed by atoms with Gasteiger partial charge in [-0.2, -0.15) is 0 Å². The molecule has 0 atom stereocenters. The van der Waals surface area contributed by atoms with Gasteiger partial charge in [0.1, 0.15) is 11.5 Å². The number of aryl methyl sites for hydroxylation is 1. The Morgan fingerprint density at radius 1 is 1.00 bits per heavy atom. The Morgan fingerprint density at radius 2 is 1.72 bits per heavy atom. The van der Waals surface area contributed by atoms with Crippen molar-refractivity contribution in [3.63, 3.8) is 0 Å². The zero-order valence-electron chi connectivity index (χ0n) is 14.7. The summed E-state index contributed by atoms with van der Waals surface area (Å²) in [5.74, 6) is 1.54. The van der Waals surface area contributed by atoms with Gasteiger partial charge in [-0.1, -0.05) is 18.2 Å². The van der Waals surface area contributed by atoms with Gasteiger partial charge in [-0.3, -0.25) is 0 Å². The summed E-state index contributed by atoms with van der Waals surface area (Å²) in [5, 5.41) is 0. The maximum absolute atomic E-state index is 12.3. The van der Waals surface area contributed by atoms with Gasteiger partial charge < -0.3 is 9.47 Å². The lowest BCUT2D eigenvalue weighted by atomic mass is 10.1. The van der Waals surface area contributed by atoms with Crippen molar-refractivity contribution < 1.29 is 17.9 Å². The molecular weight excluding hydrogens is 338 g/mol. The molecule has 0 spiro atoms. The van der Waals surface area contributed by atoms with Crippen molar-refractivity contribution in [2.24, 2.45) is 0 Å². The molecule has 0 aromatic heterocycles. The van der Waals surface area contributed by atoms with E-state index in [0.29, 0.717) is 18.9 Å². The maximum Gasteiger partial charge on any atom is 0.240 e. The first kappa shape index (κ1) is 19.3. The van der Waals surface area contributed by atoms with Gasteiger partial charge in [0, 0.05) is 6.54 Å². The Bertz CT molecular complexity index is 757. The molecule has 6 heteroatoms. The molecule has 0 aliphatic rings. The number of hydrogen-bond donors (Lipinski definition) is 1. The summed E-state index contributed by atoms with van der Waals surface area (Å²) in [6, 6.07) is 14.3. The molecule has 2 aromatic rings. The number of para-hydroxylation sites is 1. The van der Waals surface area contributed by atoms with Crippen LogP contribution in [0.1, 0.15) is 25.3 Å². The summed E-state index contributed by atoms with van der Waals surface area (Å²) in [7, 11) is -1.82. The molecule has 2 aromatic carbocycles. The fourth-order valence-corrected chi connectivity index (χ4v) is 3.60. The average Bonchev–Trinajstić information content (AvgIpc) is 2.62. The second-order valence-electron chi connectivity index (χ2n) is 5.57. The predicted molar refractivity (Wildman–Crippen MR) is 98.7 cm³/mol. The quantitative estimate of drug-likeness (QED) is 0.657. The van der Waals surface area contributed by atoms with Gasteiger partial charge in [-0.15, -0.1) is 0 Å². The Labute approximate surface area is 150 Å². The van der Waals surface area contributed by atoms with Crippen LogP contribution in [0.4, 0.5) is 0 Å². The van der Waals surface area contributed by atoms with Gasteiger partial charge in [0.05, 0.1) is 18.6 Å². The third-order valence-corrected chi connectivity index (χ3v) is 5.28. The zero-order valence-corrected chi connectivity index (χ0v) is 15.5. The molecule has 0 unspecified atom stereocenters. The molecular formula is C19H25NO4S. The van der Waals surface area contributed by atoms with Gasteiger partial charge in [0.25, 0.3) is 0 Å². The van der Waals surface area contributed by atoms with E-state index in [1.807, 2.05) is 31.2 Å². The summed E-state index contributed by atoms with van der Waals surface area (Å²) >= 11 is 0. The number of methoxy groups -OCH3 is 1. The Morgan fingerprint density at radius 3 is 2.40 bits per heavy atom. The summed E-state index contributed by atoms with van der Waals surface area (Å²) in [6.45, 7) is 2.85. The molecule has 5 nitrogen and oxygen atoms in total. The highest BCUT2D eigenvalue weighted by atomic mass is 32.2. The van der Waals surface area contributed by atoms with Crippen LogP contribution in [0.3, 0.4) is 0 Å². The molecule has 0 fully saturated rings. The molecule has 25 heavy (non-hydrogen) atoms. The van der Waals surface area contributed by atoms with E-state index < -0.39 is 10.0 Å². The van der Waals surface area contributed by atoms with E-state index in [4.69, 9.17) is 9.47 Å². The second-order valence-corrected chi connectivity index (χ2v) is 7.34. The van der Waals surface area contributed by atoms with Crippen LogP contribution < -0.4 is 14.2 Å². The summed E-state index contributed by atoms with van der Waals surface area (Å²) in [6.07, 6.45) is 2.50. The molecule has 0 amide bonds. The standard InChI is InChI=1S/C19H25NO4S/c1-3-24-17-11-13-18(14-12-17)25(21,22)20-15-7-6-9-16-8-4-5-10-19(16)23-2/h4-5,8,10-14,20H,3,6-7,9,15H2,1-2H3. The van der Waals surface area contributed by atoms with Gasteiger partial charge in [-0.25, -0.2) is 13.1 Å². The summed E-state index contributed by atoms with van der Waals surface area (Å²) in [4.78, 5) is 0.251. The van der Waals surface area contributed by atoms with Gasteiger partial charge in [0.15, 0.2) is 0 Å². The number of nitrogens with one attached hydrogen (secondary N) is 1. The van der Waals surface area contributed by atoms with Crippen molar-refractivity contribution in [1.29, 1.82) is 0 Å². The van der Waals surface area contributed by atoms with Crippen LogP contribution in [0.15, 0.2) is 53.4 Å². The third-order valence-electron chi connectivity index (χ3n) is 3.80. The maximum atomic E-state index is 12.3. The van der Waals surface area contributed by atoms with E-state index in [1.54, 1.807) is 31.4 Å². The molecule has 0 radical (unpaired) electrons. The first-order chi connectivity index (χ1) is 12.1. The Kier molecular flexibility index (Phi) is 7.28. The zero-order chi connectivity index (χ0) is 18.1. The molecule has 2 rings (SSSR count). The van der Waals surface area contributed by atoms with Crippen molar-refractivity contribution >= 4 is 10.0 Å². The van der Waals surface area contributed by atoms with Crippen molar-refractivity contribution in [3.05, 3.63) is 54.1 Å². The molecule has 0 aliphatic heterocycles. The van der Waals surface area contributed by atoms with Gasteiger partial charge >= 0.3 is 0 Å². The van der Waals surface area contributed by atoms with Crippen LogP contribution in [-0.4, -0.2) is 28.7 Å².